The molecule has 4 heteroatoms. The number of aryl methyl sites for hydroxylation is 1. The lowest BCUT2D eigenvalue weighted by Crippen LogP contribution is -2.12. The number of carbonyl (C=O) groups is 1. The SMILES string of the molecule is CCC(=O)Nc1nccn1C. The molecule has 0 radical (unpaired) electrons. The van der Waals surface area contributed by atoms with Gasteiger partial charge in [0, 0.05) is 25.9 Å². The molecule has 0 saturated heterocycles. The van der Waals surface area contributed by atoms with Crippen LogP contribution >= 0.6 is 0 Å². The molecule has 1 heterocycles. The van der Waals surface area contributed by atoms with Crippen LogP contribution in [0, 0.1) is 0 Å². The molecule has 1 amide bonds. The molecule has 0 spiro atoms. The molecule has 0 saturated carbocycles. The van der Waals surface area contributed by atoms with Gasteiger partial charge in [0.2, 0.25) is 11.9 Å². The summed E-state index contributed by atoms with van der Waals surface area (Å²) in [5.41, 5.74) is 0. The lowest BCUT2D eigenvalue weighted by Gasteiger charge is -2.01. The summed E-state index contributed by atoms with van der Waals surface area (Å²) in [5, 5.41) is 2.65. The van der Waals surface area contributed by atoms with E-state index in [1.165, 1.54) is 0 Å². The summed E-state index contributed by atoms with van der Waals surface area (Å²) >= 11 is 0. The van der Waals surface area contributed by atoms with Gasteiger partial charge in [0.1, 0.15) is 0 Å². The van der Waals surface area contributed by atoms with Crippen molar-refractivity contribution in [2.75, 3.05) is 5.32 Å². The number of hydrogen-bond donors (Lipinski definition) is 1. The average Bonchev–Trinajstić information content (AvgIpc) is 2.37. The van der Waals surface area contributed by atoms with E-state index in [1.807, 2.05) is 7.05 Å². The maximum Gasteiger partial charge on any atom is 0.226 e. The fourth-order valence-corrected chi connectivity index (χ4v) is 0.699. The molecule has 0 aromatic carbocycles. The molecule has 0 bridgehead atoms. The van der Waals surface area contributed by atoms with Crippen LogP contribution in [-0.4, -0.2) is 15.5 Å². The highest BCUT2D eigenvalue weighted by Gasteiger charge is 2.01. The zero-order valence-electron chi connectivity index (χ0n) is 6.66. The van der Waals surface area contributed by atoms with Crippen molar-refractivity contribution in [2.24, 2.45) is 7.05 Å². The normalized spacial score (nSPS) is 9.64. The monoisotopic (exact) mass is 153 g/mol. The van der Waals surface area contributed by atoms with Gasteiger partial charge in [0.15, 0.2) is 0 Å². The van der Waals surface area contributed by atoms with Crippen LogP contribution in [0.25, 0.3) is 0 Å². The Morgan fingerprint density at radius 2 is 2.55 bits per heavy atom. The van der Waals surface area contributed by atoms with Gasteiger partial charge < -0.3 is 4.57 Å². The molecule has 0 aliphatic heterocycles. The average molecular weight is 153 g/mol. The Balaban J connectivity index is 2.64. The van der Waals surface area contributed by atoms with Crippen molar-refractivity contribution in [3.05, 3.63) is 12.4 Å². The molecule has 0 fully saturated rings. The van der Waals surface area contributed by atoms with Crippen molar-refractivity contribution >= 4 is 11.9 Å². The minimum Gasteiger partial charge on any atom is -0.320 e. The van der Waals surface area contributed by atoms with Crippen LogP contribution in [0.5, 0.6) is 0 Å². The van der Waals surface area contributed by atoms with Gasteiger partial charge in [-0.05, 0) is 0 Å². The second-order valence-electron chi connectivity index (χ2n) is 2.26. The number of nitrogens with zero attached hydrogens (tertiary/aromatic N) is 2. The highest BCUT2D eigenvalue weighted by atomic mass is 16.1. The minimum atomic E-state index is -0.0145. The smallest absolute Gasteiger partial charge is 0.226 e. The number of hydrogen-bond acceptors (Lipinski definition) is 2. The van der Waals surface area contributed by atoms with Crippen LogP contribution in [0.15, 0.2) is 12.4 Å². The van der Waals surface area contributed by atoms with Crippen LogP contribution in [0.4, 0.5) is 5.95 Å². The Kier molecular flexibility index (Phi) is 2.25. The molecule has 0 unspecified atom stereocenters. The Bertz CT molecular complexity index is 254. The second-order valence-corrected chi connectivity index (χ2v) is 2.26. The number of carbonyl (C=O) groups excluding carboxylic acids is 1. The van der Waals surface area contributed by atoms with E-state index in [0.717, 1.165) is 0 Å². The van der Waals surface area contributed by atoms with Crippen LogP contribution in [0.1, 0.15) is 13.3 Å². The molecule has 60 valence electrons. The summed E-state index contributed by atoms with van der Waals surface area (Å²) in [6.07, 6.45) is 3.91. The molecule has 0 atom stereocenters. The lowest BCUT2D eigenvalue weighted by atomic mass is 10.5. The first-order chi connectivity index (χ1) is 5.24. The number of anilines is 1. The Morgan fingerprint density at radius 1 is 1.82 bits per heavy atom. The molecular weight excluding hydrogens is 142 g/mol. The third-order valence-electron chi connectivity index (χ3n) is 1.39. The van der Waals surface area contributed by atoms with Crippen molar-refractivity contribution < 1.29 is 4.79 Å². The topological polar surface area (TPSA) is 46.9 Å². The van der Waals surface area contributed by atoms with Crippen molar-refractivity contribution in [2.45, 2.75) is 13.3 Å². The summed E-state index contributed by atoms with van der Waals surface area (Å²) in [6.45, 7) is 1.80. The summed E-state index contributed by atoms with van der Waals surface area (Å²) in [7, 11) is 1.83. The Morgan fingerprint density at radius 3 is 3.00 bits per heavy atom. The maximum atomic E-state index is 10.9. The highest BCUT2D eigenvalue weighted by Crippen LogP contribution is 2.00. The maximum absolute atomic E-state index is 10.9. The van der Waals surface area contributed by atoms with Crippen molar-refractivity contribution in [1.29, 1.82) is 0 Å². The van der Waals surface area contributed by atoms with E-state index >= 15 is 0 Å². The van der Waals surface area contributed by atoms with E-state index in [1.54, 1.807) is 23.9 Å². The molecule has 0 aliphatic carbocycles. The first-order valence-corrected chi connectivity index (χ1v) is 3.51. The van der Waals surface area contributed by atoms with Gasteiger partial charge in [-0.2, -0.15) is 0 Å². The summed E-state index contributed by atoms with van der Waals surface area (Å²) in [4.78, 5) is 14.8. The largest absolute Gasteiger partial charge is 0.320 e. The number of rotatable bonds is 2. The van der Waals surface area contributed by atoms with Gasteiger partial charge in [-0.1, -0.05) is 6.92 Å². The van der Waals surface area contributed by atoms with Gasteiger partial charge in [-0.15, -0.1) is 0 Å². The zero-order chi connectivity index (χ0) is 8.27. The fraction of sp³-hybridized carbons (Fsp3) is 0.429. The Labute approximate surface area is 65.2 Å². The molecule has 1 N–H and O–H groups in total. The van der Waals surface area contributed by atoms with Crippen LogP contribution in [-0.2, 0) is 11.8 Å². The molecule has 1 aromatic heterocycles. The van der Waals surface area contributed by atoms with Crippen molar-refractivity contribution in [3.8, 4) is 0 Å². The fourth-order valence-electron chi connectivity index (χ4n) is 0.699. The molecule has 0 aliphatic rings. The van der Waals surface area contributed by atoms with Gasteiger partial charge in [-0.3, -0.25) is 10.1 Å². The Hall–Kier alpha value is -1.32. The first kappa shape index (κ1) is 7.78. The zero-order valence-corrected chi connectivity index (χ0v) is 6.66. The van der Waals surface area contributed by atoms with Gasteiger partial charge in [0.05, 0.1) is 0 Å². The number of imidazole rings is 1. The number of aromatic nitrogens is 2. The van der Waals surface area contributed by atoms with E-state index in [-0.39, 0.29) is 5.91 Å². The van der Waals surface area contributed by atoms with Crippen LogP contribution < -0.4 is 5.32 Å². The van der Waals surface area contributed by atoms with Crippen molar-refractivity contribution in [1.82, 2.24) is 9.55 Å². The summed E-state index contributed by atoms with van der Waals surface area (Å²) < 4.78 is 1.76. The predicted molar refractivity (Wildman–Crippen MR) is 42.1 cm³/mol. The highest BCUT2D eigenvalue weighted by molar-refractivity contribution is 5.88. The van der Waals surface area contributed by atoms with E-state index in [4.69, 9.17) is 0 Å². The molecule has 11 heavy (non-hydrogen) atoms. The summed E-state index contributed by atoms with van der Waals surface area (Å²) in [5.74, 6) is 0.580. The second kappa shape index (κ2) is 3.18. The summed E-state index contributed by atoms with van der Waals surface area (Å²) in [6, 6.07) is 0. The van der Waals surface area contributed by atoms with Crippen molar-refractivity contribution in [3.63, 3.8) is 0 Å². The molecular formula is C7H11N3O. The van der Waals surface area contributed by atoms with E-state index in [0.29, 0.717) is 12.4 Å². The van der Waals surface area contributed by atoms with Crippen LogP contribution in [0.3, 0.4) is 0 Å². The van der Waals surface area contributed by atoms with Gasteiger partial charge >= 0.3 is 0 Å². The quantitative estimate of drug-likeness (QED) is 0.682. The van der Waals surface area contributed by atoms with Gasteiger partial charge in [-0.25, -0.2) is 4.98 Å². The number of nitrogens with one attached hydrogen (secondary N) is 1. The minimum absolute atomic E-state index is 0.0145. The third-order valence-corrected chi connectivity index (χ3v) is 1.39. The van der Waals surface area contributed by atoms with E-state index in [9.17, 15) is 4.79 Å². The van der Waals surface area contributed by atoms with Gasteiger partial charge in [0.25, 0.3) is 0 Å². The predicted octanol–water partition coefficient (Wildman–Crippen LogP) is 0.769. The van der Waals surface area contributed by atoms with E-state index < -0.39 is 0 Å². The van der Waals surface area contributed by atoms with E-state index in [2.05, 4.69) is 10.3 Å². The van der Waals surface area contributed by atoms with Crippen LogP contribution in [0.2, 0.25) is 0 Å². The lowest BCUT2D eigenvalue weighted by molar-refractivity contribution is -0.115. The third kappa shape index (κ3) is 1.80. The first-order valence-electron chi connectivity index (χ1n) is 3.51. The molecule has 1 aromatic rings. The standard InChI is InChI=1S/C7H11N3O/c1-3-6(11)9-7-8-4-5-10(7)2/h4-5H,3H2,1-2H3,(H,8,9,11). The molecule has 4 nitrogen and oxygen atoms in total. The number of amides is 1. The molecule has 1 rings (SSSR count).